The van der Waals surface area contributed by atoms with Crippen LogP contribution in [0.5, 0.6) is 0 Å². The minimum absolute atomic E-state index is 0.570. The number of nitrogens with zero attached hydrogens (tertiary/aromatic N) is 3. The molecule has 0 fully saturated rings. The van der Waals surface area contributed by atoms with Gasteiger partial charge in [-0.3, -0.25) is 0 Å². The van der Waals surface area contributed by atoms with Gasteiger partial charge in [-0.1, -0.05) is 71.7 Å². The third-order valence-electron chi connectivity index (χ3n) is 5.95. The smallest absolute Gasteiger partial charge is 0.234 e. The van der Waals surface area contributed by atoms with Crippen LogP contribution >= 0.6 is 23.2 Å². The summed E-state index contributed by atoms with van der Waals surface area (Å²) in [7, 11) is 0. The Hall–Kier alpha value is -3.54. The van der Waals surface area contributed by atoms with Crippen molar-refractivity contribution in [3.8, 4) is 22.5 Å². The van der Waals surface area contributed by atoms with Crippen molar-refractivity contribution in [3.05, 3.63) is 100 Å². The Kier molecular flexibility index (Phi) is 5.36. The Morgan fingerprint density at radius 3 is 2.50 bits per heavy atom. The van der Waals surface area contributed by atoms with Crippen LogP contribution < -0.4 is 0 Å². The number of rotatable bonds is 5. The van der Waals surface area contributed by atoms with Gasteiger partial charge in [0.05, 0.1) is 24.3 Å². The van der Waals surface area contributed by atoms with E-state index in [9.17, 15) is 0 Å². The van der Waals surface area contributed by atoms with E-state index in [2.05, 4.69) is 26.7 Å². The number of halogens is 2. The van der Waals surface area contributed by atoms with E-state index in [0.717, 1.165) is 44.7 Å². The predicted molar refractivity (Wildman–Crippen MR) is 138 cm³/mol. The van der Waals surface area contributed by atoms with Crippen molar-refractivity contribution in [3.63, 3.8) is 0 Å². The first kappa shape index (κ1) is 21.0. The highest BCUT2D eigenvalue weighted by Crippen LogP contribution is 2.40. The number of imidazole rings is 1. The summed E-state index contributed by atoms with van der Waals surface area (Å²) < 4.78 is 8.06. The molecule has 5 nitrogen and oxygen atoms in total. The second kappa shape index (κ2) is 8.67. The summed E-state index contributed by atoms with van der Waals surface area (Å²) in [5, 5.41) is 2.42. The number of hydrogen-bond donors (Lipinski definition) is 1. The number of fused-ring (bicyclic) bond motifs is 1. The van der Waals surface area contributed by atoms with Crippen LogP contribution in [0.4, 0.5) is 0 Å². The summed E-state index contributed by atoms with van der Waals surface area (Å²) in [4.78, 5) is 13.0. The minimum Gasteiger partial charge on any atom is -0.474 e. The minimum atomic E-state index is 0.570. The first-order chi connectivity index (χ1) is 16.7. The zero-order valence-electron chi connectivity index (χ0n) is 18.1. The molecular weight excluding hydrogens is 467 g/mol. The van der Waals surface area contributed by atoms with Gasteiger partial charge in [0, 0.05) is 38.6 Å². The summed E-state index contributed by atoms with van der Waals surface area (Å²) in [6.45, 7) is 1.85. The third-order valence-corrected chi connectivity index (χ3v) is 6.43. The molecule has 2 aromatic heterocycles. The number of hydrogen-bond acceptors (Lipinski definition) is 3. The molecule has 34 heavy (non-hydrogen) atoms. The third kappa shape index (κ3) is 3.77. The van der Waals surface area contributed by atoms with Crippen LogP contribution in [0.15, 0.2) is 84.1 Å². The van der Waals surface area contributed by atoms with Gasteiger partial charge in [-0.25, -0.2) is 9.98 Å². The van der Waals surface area contributed by atoms with Crippen molar-refractivity contribution < 1.29 is 4.74 Å². The van der Waals surface area contributed by atoms with Gasteiger partial charge in [0.1, 0.15) is 12.3 Å². The molecule has 0 saturated heterocycles. The van der Waals surface area contributed by atoms with Crippen LogP contribution in [0.1, 0.15) is 11.3 Å². The summed E-state index contributed by atoms with van der Waals surface area (Å²) >= 11 is 12.5. The highest BCUT2D eigenvalue weighted by Gasteiger charge is 2.26. The Labute approximate surface area is 206 Å². The molecule has 0 spiro atoms. The number of H-pyrrole nitrogens is 1. The van der Waals surface area contributed by atoms with E-state index in [0.29, 0.717) is 35.6 Å². The molecule has 6 rings (SSSR count). The average molecular weight is 487 g/mol. The largest absolute Gasteiger partial charge is 0.474 e. The van der Waals surface area contributed by atoms with E-state index in [4.69, 9.17) is 32.9 Å². The van der Waals surface area contributed by atoms with Crippen molar-refractivity contribution in [2.75, 3.05) is 13.2 Å². The molecule has 1 aliphatic heterocycles. The Bertz CT molecular complexity index is 1520. The maximum atomic E-state index is 6.33. The summed E-state index contributed by atoms with van der Waals surface area (Å²) in [5.74, 6) is 0.612. The predicted octanol–water partition coefficient (Wildman–Crippen LogP) is 6.83. The van der Waals surface area contributed by atoms with Gasteiger partial charge in [0.25, 0.3) is 0 Å². The highest BCUT2D eigenvalue weighted by atomic mass is 35.5. The van der Waals surface area contributed by atoms with Crippen LogP contribution in [0, 0.1) is 0 Å². The van der Waals surface area contributed by atoms with Gasteiger partial charge < -0.3 is 14.3 Å². The normalized spacial score (nSPS) is 13.3. The van der Waals surface area contributed by atoms with Gasteiger partial charge in [0.2, 0.25) is 5.90 Å². The molecule has 168 valence electrons. The summed E-state index contributed by atoms with van der Waals surface area (Å²) in [5.41, 5.74) is 6.81. The SMILES string of the molecule is Clc1ccc(Cn2cnc(-c3ccccc3)c2-c2c(C3=NCCO3)[nH]c3cc(Cl)ccc23)cc1. The maximum Gasteiger partial charge on any atom is 0.234 e. The van der Waals surface area contributed by atoms with E-state index in [1.165, 1.54) is 0 Å². The van der Waals surface area contributed by atoms with E-state index < -0.39 is 0 Å². The van der Waals surface area contributed by atoms with Gasteiger partial charge in [0.15, 0.2) is 0 Å². The van der Waals surface area contributed by atoms with Crippen molar-refractivity contribution in [1.29, 1.82) is 0 Å². The molecule has 3 aromatic carbocycles. The average Bonchev–Trinajstić information content (AvgIpc) is 3.59. The van der Waals surface area contributed by atoms with Crippen molar-refractivity contribution in [2.24, 2.45) is 4.99 Å². The van der Waals surface area contributed by atoms with Crippen LogP contribution in [-0.2, 0) is 11.3 Å². The first-order valence-electron chi connectivity index (χ1n) is 11.0. The second-order valence-electron chi connectivity index (χ2n) is 8.16. The van der Waals surface area contributed by atoms with Gasteiger partial charge in [-0.05, 0) is 29.8 Å². The molecule has 0 amide bonds. The van der Waals surface area contributed by atoms with Crippen molar-refractivity contribution >= 4 is 40.0 Å². The van der Waals surface area contributed by atoms with E-state index in [1.807, 2.05) is 67.0 Å². The lowest BCUT2D eigenvalue weighted by molar-refractivity contribution is 0.347. The van der Waals surface area contributed by atoms with Gasteiger partial charge in [-0.2, -0.15) is 0 Å². The van der Waals surface area contributed by atoms with Crippen molar-refractivity contribution in [1.82, 2.24) is 14.5 Å². The fourth-order valence-corrected chi connectivity index (χ4v) is 4.72. The lowest BCUT2D eigenvalue weighted by Crippen LogP contribution is -2.07. The van der Waals surface area contributed by atoms with E-state index in [-0.39, 0.29) is 0 Å². The lowest BCUT2D eigenvalue weighted by Gasteiger charge is -2.13. The molecule has 0 unspecified atom stereocenters. The molecule has 3 heterocycles. The number of nitrogens with one attached hydrogen (secondary N) is 1. The molecule has 5 aromatic rings. The maximum absolute atomic E-state index is 6.33. The zero-order chi connectivity index (χ0) is 23.1. The molecule has 0 saturated carbocycles. The molecule has 1 aliphatic rings. The molecule has 0 radical (unpaired) electrons. The number of aromatic nitrogens is 3. The Balaban J connectivity index is 1.62. The van der Waals surface area contributed by atoms with Crippen molar-refractivity contribution in [2.45, 2.75) is 6.54 Å². The lowest BCUT2D eigenvalue weighted by atomic mass is 10.0. The molecule has 0 atom stereocenters. The topological polar surface area (TPSA) is 55.2 Å². The van der Waals surface area contributed by atoms with Gasteiger partial charge >= 0.3 is 0 Å². The fourth-order valence-electron chi connectivity index (χ4n) is 4.42. The van der Waals surface area contributed by atoms with Crippen LogP contribution in [0.25, 0.3) is 33.4 Å². The van der Waals surface area contributed by atoms with Gasteiger partial charge in [-0.15, -0.1) is 0 Å². The molecule has 7 heteroatoms. The first-order valence-corrected chi connectivity index (χ1v) is 11.8. The summed E-state index contributed by atoms with van der Waals surface area (Å²) in [6.07, 6.45) is 1.89. The van der Waals surface area contributed by atoms with Crippen LogP contribution in [0.3, 0.4) is 0 Å². The fraction of sp³-hybridized carbons (Fsp3) is 0.111. The Morgan fingerprint density at radius 1 is 0.941 bits per heavy atom. The standard InChI is InChI=1S/C27H20Cl2N4O/c28-19-8-6-17(7-9-19)15-33-16-31-24(18-4-2-1-3-5-18)26(33)23-21-11-10-20(29)14-22(21)32-25(23)27-30-12-13-34-27/h1-11,14,16,32H,12-13,15H2. The monoisotopic (exact) mass is 486 g/mol. The molecule has 0 bridgehead atoms. The quantitative estimate of drug-likeness (QED) is 0.296. The highest BCUT2D eigenvalue weighted by molar-refractivity contribution is 6.31. The van der Waals surface area contributed by atoms with E-state index in [1.54, 1.807) is 0 Å². The number of benzene rings is 3. The second-order valence-corrected chi connectivity index (χ2v) is 9.04. The number of aliphatic imine (C=N–C) groups is 1. The molecular formula is C27H20Cl2N4O. The number of aromatic amines is 1. The molecule has 0 aliphatic carbocycles. The van der Waals surface area contributed by atoms with Crippen LogP contribution in [0.2, 0.25) is 10.0 Å². The zero-order valence-corrected chi connectivity index (χ0v) is 19.6. The van der Waals surface area contributed by atoms with E-state index >= 15 is 0 Å². The Morgan fingerprint density at radius 2 is 1.74 bits per heavy atom. The van der Waals surface area contributed by atoms with Crippen LogP contribution in [-0.4, -0.2) is 33.6 Å². The molecule has 1 N–H and O–H groups in total. The number of ether oxygens (including phenoxy) is 1. The summed E-state index contributed by atoms with van der Waals surface area (Å²) in [6, 6.07) is 24.0.